The second-order valence-corrected chi connectivity index (χ2v) is 7.46. The van der Waals surface area contributed by atoms with Crippen LogP contribution in [0.15, 0.2) is 29.3 Å². The minimum atomic E-state index is 0.562. The molecule has 0 bridgehead atoms. The van der Waals surface area contributed by atoms with Gasteiger partial charge in [0.15, 0.2) is 5.17 Å². The molecule has 2 unspecified atom stereocenters. The number of nitrogens with one attached hydrogen (secondary N) is 1. The number of aryl methyl sites for hydroxylation is 1. The molecule has 21 heavy (non-hydrogen) atoms. The molecule has 1 aromatic rings. The van der Waals surface area contributed by atoms with Crippen molar-refractivity contribution in [2.24, 2.45) is 10.9 Å². The van der Waals surface area contributed by atoms with Gasteiger partial charge in [0.05, 0.1) is 6.54 Å². The molecule has 2 atom stereocenters. The van der Waals surface area contributed by atoms with E-state index in [1.54, 1.807) is 0 Å². The standard InChI is InChI=1S/C18H26N2S/c1-3-13(4-2)17-12-19-18(21-17)20-16-10-9-14-7-5-6-8-15(14)11-16/h5-8,13,16-17H,3-4,9-12H2,1-2H3,(H,19,20). The monoisotopic (exact) mass is 302 g/mol. The second-order valence-electron chi connectivity index (χ2n) is 6.23. The fraction of sp³-hybridized carbons (Fsp3) is 0.611. The second kappa shape index (κ2) is 6.87. The zero-order chi connectivity index (χ0) is 14.7. The van der Waals surface area contributed by atoms with Crippen LogP contribution in [0.5, 0.6) is 0 Å². The summed E-state index contributed by atoms with van der Waals surface area (Å²) in [6, 6.07) is 9.43. The molecule has 0 saturated carbocycles. The Labute approximate surface area is 132 Å². The van der Waals surface area contributed by atoms with E-state index in [1.165, 1.54) is 42.0 Å². The van der Waals surface area contributed by atoms with Gasteiger partial charge in [-0.3, -0.25) is 4.99 Å². The summed E-state index contributed by atoms with van der Waals surface area (Å²) >= 11 is 1.98. The zero-order valence-electron chi connectivity index (χ0n) is 13.1. The minimum absolute atomic E-state index is 0.562. The third-order valence-corrected chi connectivity index (χ3v) is 6.23. The molecule has 2 nitrogen and oxygen atoms in total. The average molecular weight is 302 g/mol. The summed E-state index contributed by atoms with van der Waals surface area (Å²) in [5.41, 5.74) is 3.05. The Morgan fingerprint density at radius 1 is 1.24 bits per heavy atom. The predicted molar refractivity (Wildman–Crippen MR) is 93.1 cm³/mol. The van der Waals surface area contributed by atoms with Gasteiger partial charge in [-0.15, -0.1) is 0 Å². The van der Waals surface area contributed by atoms with Gasteiger partial charge in [-0.2, -0.15) is 0 Å². The topological polar surface area (TPSA) is 24.4 Å². The fourth-order valence-corrected chi connectivity index (χ4v) is 4.92. The zero-order valence-corrected chi connectivity index (χ0v) is 14.0. The maximum atomic E-state index is 4.75. The molecule has 3 rings (SSSR count). The van der Waals surface area contributed by atoms with Crippen LogP contribution in [0, 0.1) is 5.92 Å². The quantitative estimate of drug-likeness (QED) is 0.907. The maximum Gasteiger partial charge on any atom is 0.157 e. The molecule has 0 radical (unpaired) electrons. The van der Waals surface area contributed by atoms with Crippen LogP contribution in [0.3, 0.4) is 0 Å². The highest BCUT2D eigenvalue weighted by atomic mass is 32.2. The SMILES string of the molecule is CCC(CC)C1CN=C(NC2CCc3ccccc3C2)S1. The van der Waals surface area contributed by atoms with Crippen LogP contribution in [0.4, 0.5) is 0 Å². The van der Waals surface area contributed by atoms with Crippen molar-refractivity contribution in [2.75, 3.05) is 6.54 Å². The van der Waals surface area contributed by atoms with Crippen molar-refractivity contribution in [1.82, 2.24) is 5.32 Å². The lowest BCUT2D eigenvalue weighted by Gasteiger charge is -2.26. The summed E-state index contributed by atoms with van der Waals surface area (Å²) in [6.45, 7) is 5.61. The van der Waals surface area contributed by atoms with E-state index in [9.17, 15) is 0 Å². The highest BCUT2D eigenvalue weighted by Crippen LogP contribution is 2.31. The van der Waals surface area contributed by atoms with Crippen molar-refractivity contribution in [3.05, 3.63) is 35.4 Å². The Morgan fingerprint density at radius 2 is 2.00 bits per heavy atom. The van der Waals surface area contributed by atoms with Crippen molar-refractivity contribution in [3.63, 3.8) is 0 Å². The van der Waals surface area contributed by atoms with Crippen LogP contribution in [0.25, 0.3) is 0 Å². The van der Waals surface area contributed by atoms with Crippen molar-refractivity contribution in [2.45, 2.75) is 57.2 Å². The number of fused-ring (bicyclic) bond motifs is 1. The van der Waals surface area contributed by atoms with Gasteiger partial charge >= 0.3 is 0 Å². The van der Waals surface area contributed by atoms with E-state index >= 15 is 0 Å². The normalized spacial score (nSPS) is 24.8. The lowest BCUT2D eigenvalue weighted by atomic mass is 9.88. The van der Waals surface area contributed by atoms with Crippen LogP contribution in [0.2, 0.25) is 0 Å². The molecule has 0 aromatic heterocycles. The van der Waals surface area contributed by atoms with Crippen molar-refractivity contribution < 1.29 is 0 Å². The van der Waals surface area contributed by atoms with E-state index in [2.05, 4.69) is 43.4 Å². The van der Waals surface area contributed by atoms with E-state index < -0.39 is 0 Å². The first kappa shape index (κ1) is 15.0. The van der Waals surface area contributed by atoms with E-state index in [0.29, 0.717) is 11.3 Å². The Morgan fingerprint density at radius 3 is 2.76 bits per heavy atom. The molecule has 1 aliphatic heterocycles. The summed E-state index contributed by atoms with van der Waals surface area (Å²) in [5.74, 6) is 0.810. The lowest BCUT2D eigenvalue weighted by molar-refractivity contribution is 0.479. The van der Waals surface area contributed by atoms with Gasteiger partial charge in [0.25, 0.3) is 0 Å². The maximum absolute atomic E-state index is 4.75. The van der Waals surface area contributed by atoms with Gasteiger partial charge < -0.3 is 5.32 Å². The highest BCUT2D eigenvalue weighted by molar-refractivity contribution is 8.14. The van der Waals surface area contributed by atoms with Gasteiger partial charge in [0.1, 0.15) is 0 Å². The predicted octanol–water partition coefficient (Wildman–Crippen LogP) is 4.04. The Bertz CT molecular complexity index is 508. The number of nitrogens with zero attached hydrogens (tertiary/aromatic N) is 1. The fourth-order valence-electron chi connectivity index (χ4n) is 3.53. The molecule has 3 heteroatoms. The number of amidine groups is 1. The van der Waals surface area contributed by atoms with Crippen LogP contribution in [-0.4, -0.2) is 23.0 Å². The van der Waals surface area contributed by atoms with E-state index in [4.69, 9.17) is 4.99 Å². The van der Waals surface area contributed by atoms with Gasteiger partial charge in [-0.05, 0) is 36.3 Å². The summed E-state index contributed by atoms with van der Waals surface area (Å²) in [7, 11) is 0. The van der Waals surface area contributed by atoms with Crippen molar-refractivity contribution >= 4 is 16.9 Å². The molecule has 1 aromatic carbocycles. The molecular formula is C18H26N2S. The van der Waals surface area contributed by atoms with Gasteiger partial charge in [-0.25, -0.2) is 0 Å². The molecule has 1 N–H and O–H groups in total. The van der Waals surface area contributed by atoms with E-state index in [0.717, 1.165) is 18.9 Å². The first-order valence-electron chi connectivity index (χ1n) is 8.34. The van der Waals surface area contributed by atoms with Crippen LogP contribution in [-0.2, 0) is 12.8 Å². The first-order chi connectivity index (χ1) is 10.3. The molecule has 114 valence electrons. The lowest BCUT2D eigenvalue weighted by Crippen LogP contribution is -2.37. The number of hydrogen-bond acceptors (Lipinski definition) is 3. The first-order valence-corrected chi connectivity index (χ1v) is 9.22. The summed E-state index contributed by atoms with van der Waals surface area (Å²) < 4.78 is 0. The minimum Gasteiger partial charge on any atom is -0.362 e. The molecule has 1 heterocycles. The van der Waals surface area contributed by atoms with E-state index in [-0.39, 0.29) is 0 Å². The Kier molecular flexibility index (Phi) is 4.89. The van der Waals surface area contributed by atoms with Crippen LogP contribution < -0.4 is 5.32 Å². The third-order valence-electron chi connectivity index (χ3n) is 4.93. The van der Waals surface area contributed by atoms with Crippen LogP contribution >= 0.6 is 11.8 Å². The van der Waals surface area contributed by atoms with Gasteiger partial charge in [0, 0.05) is 11.3 Å². The number of thioether (sulfide) groups is 1. The number of aliphatic imine (C=N–C) groups is 1. The largest absolute Gasteiger partial charge is 0.362 e. The third kappa shape index (κ3) is 3.45. The van der Waals surface area contributed by atoms with Crippen molar-refractivity contribution in [3.8, 4) is 0 Å². The molecule has 1 aliphatic carbocycles. The van der Waals surface area contributed by atoms with Gasteiger partial charge in [-0.1, -0.05) is 62.7 Å². The van der Waals surface area contributed by atoms with Crippen LogP contribution in [0.1, 0.15) is 44.2 Å². The average Bonchev–Trinajstić information content (AvgIpc) is 2.97. The Hall–Kier alpha value is -0.960. The smallest absolute Gasteiger partial charge is 0.157 e. The number of rotatable bonds is 4. The molecule has 0 amide bonds. The molecule has 0 saturated heterocycles. The molecule has 0 fully saturated rings. The Balaban J connectivity index is 1.55. The summed E-state index contributed by atoms with van der Waals surface area (Å²) in [6.07, 6.45) is 6.11. The van der Waals surface area contributed by atoms with E-state index in [1.807, 2.05) is 11.8 Å². The summed E-state index contributed by atoms with van der Waals surface area (Å²) in [5, 5.41) is 5.59. The number of benzene rings is 1. The highest BCUT2D eigenvalue weighted by Gasteiger charge is 2.27. The number of hydrogen-bond donors (Lipinski definition) is 1. The molecular weight excluding hydrogens is 276 g/mol. The molecule has 0 spiro atoms. The summed E-state index contributed by atoms with van der Waals surface area (Å²) in [4.78, 5) is 4.75. The van der Waals surface area contributed by atoms with Crippen molar-refractivity contribution in [1.29, 1.82) is 0 Å². The van der Waals surface area contributed by atoms with Gasteiger partial charge in [0.2, 0.25) is 0 Å². The molecule has 2 aliphatic rings.